The van der Waals surface area contributed by atoms with Crippen LogP contribution in [0.4, 0.5) is 16.8 Å². The van der Waals surface area contributed by atoms with E-state index in [2.05, 4.69) is 40.9 Å². The molecule has 25 heavy (non-hydrogen) atoms. The Kier molecular flexibility index (Phi) is 4.67. The number of rotatable bonds is 3. The molecule has 0 radical (unpaired) electrons. The van der Waals surface area contributed by atoms with Crippen molar-refractivity contribution in [2.45, 2.75) is 13.8 Å². The van der Waals surface area contributed by atoms with E-state index in [1.165, 1.54) is 0 Å². The fourth-order valence-corrected chi connectivity index (χ4v) is 3.93. The van der Waals surface area contributed by atoms with E-state index in [-0.39, 0.29) is 0 Å². The van der Waals surface area contributed by atoms with Gasteiger partial charge in [0, 0.05) is 45.3 Å². The second kappa shape index (κ2) is 7.09. The van der Waals surface area contributed by atoms with Crippen molar-refractivity contribution in [3.05, 3.63) is 16.9 Å². The molecule has 2 aliphatic rings. The average molecular weight is 361 g/mol. The molecule has 0 aromatic carbocycles. The molecule has 0 saturated carbocycles. The van der Waals surface area contributed by atoms with Crippen molar-refractivity contribution < 1.29 is 4.74 Å². The summed E-state index contributed by atoms with van der Waals surface area (Å²) in [5, 5.41) is 10.4. The number of piperazine rings is 1. The van der Waals surface area contributed by atoms with Crippen molar-refractivity contribution >= 4 is 28.1 Å². The number of ether oxygens (including phenoxy) is 1. The number of nitrogens with zero attached hydrogens (tertiary/aromatic N) is 7. The van der Waals surface area contributed by atoms with Crippen LogP contribution in [0.3, 0.4) is 0 Å². The average Bonchev–Trinajstić information content (AvgIpc) is 3.08. The van der Waals surface area contributed by atoms with Gasteiger partial charge < -0.3 is 19.4 Å². The van der Waals surface area contributed by atoms with E-state index in [9.17, 15) is 0 Å². The van der Waals surface area contributed by atoms with Crippen LogP contribution in [0.5, 0.6) is 0 Å². The Morgan fingerprint density at radius 1 is 0.840 bits per heavy atom. The molecule has 2 fully saturated rings. The van der Waals surface area contributed by atoms with E-state index >= 15 is 0 Å². The summed E-state index contributed by atoms with van der Waals surface area (Å²) in [4.78, 5) is 16.2. The molecule has 0 N–H and O–H groups in total. The monoisotopic (exact) mass is 361 g/mol. The summed E-state index contributed by atoms with van der Waals surface area (Å²) in [6.07, 6.45) is 0. The normalized spacial score (nSPS) is 18.7. The molecule has 0 aliphatic carbocycles. The highest BCUT2D eigenvalue weighted by molar-refractivity contribution is 7.15. The van der Waals surface area contributed by atoms with Crippen LogP contribution in [0.2, 0.25) is 0 Å². The molecule has 4 heterocycles. The van der Waals surface area contributed by atoms with Crippen molar-refractivity contribution in [1.82, 2.24) is 20.2 Å². The first-order chi connectivity index (χ1) is 12.2. The molecule has 0 atom stereocenters. The zero-order valence-electron chi connectivity index (χ0n) is 14.7. The van der Waals surface area contributed by atoms with Gasteiger partial charge in [-0.05, 0) is 13.8 Å². The summed E-state index contributed by atoms with van der Waals surface area (Å²) in [5.41, 5.74) is 0. The molecule has 0 unspecified atom stereocenters. The van der Waals surface area contributed by atoms with Crippen LogP contribution in [-0.2, 0) is 4.74 Å². The molecule has 2 aromatic rings. The molecule has 134 valence electrons. The van der Waals surface area contributed by atoms with Crippen LogP contribution >= 0.6 is 11.3 Å². The smallest absolute Gasteiger partial charge is 0.208 e. The molecular weight excluding hydrogens is 338 g/mol. The van der Waals surface area contributed by atoms with E-state index in [4.69, 9.17) is 4.74 Å². The Bertz CT molecular complexity index is 723. The van der Waals surface area contributed by atoms with Gasteiger partial charge in [-0.25, -0.2) is 9.97 Å². The van der Waals surface area contributed by atoms with Gasteiger partial charge in [-0.2, -0.15) is 0 Å². The summed E-state index contributed by atoms with van der Waals surface area (Å²) < 4.78 is 5.44. The molecule has 2 aliphatic heterocycles. The maximum Gasteiger partial charge on any atom is 0.208 e. The topological polar surface area (TPSA) is 70.5 Å². The van der Waals surface area contributed by atoms with Gasteiger partial charge >= 0.3 is 0 Å². The Balaban J connectivity index is 1.46. The molecule has 2 saturated heterocycles. The second-order valence-corrected chi connectivity index (χ2v) is 7.47. The lowest BCUT2D eigenvalue weighted by atomic mass is 10.3. The molecule has 0 bridgehead atoms. The van der Waals surface area contributed by atoms with Gasteiger partial charge in [0.1, 0.15) is 22.5 Å². The lowest BCUT2D eigenvalue weighted by Crippen LogP contribution is -2.47. The predicted molar refractivity (Wildman–Crippen MR) is 98.9 cm³/mol. The maximum absolute atomic E-state index is 5.44. The van der Waals surface area contributed by atoms with E-state index in [1.807, 2.05) is 13.8 Å². The first kappa shape index (κ1) is 16.5. The number of hydrogen-bond acceptors (Lipinski definition) is 9. The van der Waals surface area contributed by atoms with Crippen molar-refractivity contribution in [3.8, 4) is 0 Å². The number of aryl methyl sites for hydroxylation is 2. The molecule has 8 nitrogen and oxygen atoms in total. The van der Waals surface area contributed by atoms with Crippen LogP contribution in [0, 0.1) is 13.8 Å². The number of morpholine rings is 1. The quantitative estimate of drug-likeness (QED) is 0.805. The lowest BCUT2D eigenvalue weighted by molar-refractivity contribution is 0.122. The van der Waals surface area contributed by atoms with Crippen LogP contribution < -0.4 is 14.7 Å². The largest absolute Gasteiger partial charge is 0.378 e. The first-order valence-electron chi connectivity index (χ1n) is 8.67. The minimum atomic E-state index is 0.762. The summed E-state index contributed by atoms with van der Waals surface area (Å²) in [7, 11) is 0. The third-order valence-corrected chi connectivity index (χ3v) is 5.44. The van der Waals surface area contributed by atoms with E-state index in [0.29, 0.717) is 0 Å². The van der Waals surface area contributed by atoms with Crippen LogP contribution in [0.1, 0.15) is 10.8 Å². The number of anilines is 3. The molecule has 0 spiro atoms. The van der Waals surface area contributed by atoms with Crippen LogP contribution in [-0.4, -0.2) is 72.6 Å². The lowest BCUT2D eigenvalue weighted by Gasteiger charge is -2.35. The Labute approximate surface area is 151 Å². The van der Waals surface area contributed by atoms with Crippen molar-refractivity contribution in [1.29, 1.82) is 0 Å². The zero-order valence-corrected chi connectivity index (χ0v) is 15.5. The molecule has 0 amide bonds. The van der Waals surface area contributed by atoms with Crippen molar-refractivity contribution in [3.63, 3.8) is 0 Å². The zero-order chi connectivity index (χ0) is 17.2. The molecule has 9 heteroatoms. The fraction of sp³-hybridized carbons (Fsp3) is 0.625. The Morgan fingerprint density at radius 2 is 1.44 bits per heavy atom. The van der Waals surface area contributed by atoms with Gasteiger partial charge in [0.25, 0.3) is 0 Å². The number of aromatic nitrogens is 4. The highest BCUT2D eigenvalue weighted by Crippen LogP contribution is 2.24. The summed E-state index contributed by atoms with van der Waals surface area (Å²) in [6.45, 7) is 11.0. The van der Waals surface area contributed by atoms with E-state index < -0.39 is 0 Å². The fourth-order valence-electron chi connectivity index (χ4n) is 3.19. The van der Waals surface area contributed by atoms with Gasteiger partial charge in [0.15, 0.2) is 0 Å². The Hall–Kier alpha value is -2.00. The minimum absolute atomic E-state index is 0.762. The molecular formula is C16H23N7OS. The Morgan fingerprint density at radius 3 is 2.04 bits per heavy atom. The second-order valence-electron chi connectivity index (χ2n) is 6.31. The standard InChI is InChI=1S/C16H23N7OS/c1-12-17-14(11-15(18-12)22-7-9-24-10-8-22)21-3-5-23(6-4-21)16-20-19-13(2)25-16/h11H,3-10H2,1-2H3. The highest BCUT2D eigenvalue weighted by Gasteiger charge is 2.22. The van der Waals surface area contributed by atoms with E-state index in [1.54, 1.807) is 11.3 Å². The van der Waals surface area contributed by atoms with Crippen LogP contribution in [0.15, 0.2) is 6.07 Å². The van der Waals surface area contributed by atoms with Gasteiger partial charge in [0.05, 0.1) is 13.2 Å². The van der Waals surface area contributed by atoms with E-state index in [0.717, 1.165) is 80.1 Å². The van der Waals surface area contributed by atoms with Crippen molar-refractivity contribution in [2.75, 3.05) is 67.2 Å². The van der Waals surface area contributed by atoms with Crippen LogP contribution in [0.25, 0.3) is 0 Å². The maximum atomic E-state index is 5.44. The third kappa shape index (κ3) is 3.67. The van der Waals surface area contributed by atoms with Crippen molar-refractivity contribution in [2.24, 2.45) is 0 Å². The SMILES string of the molecule is Cc1nc(N2CCOCC2)cc(N2CCN(c3nnc(C)s3)CC2)n1. The summed E-state index contributed by atoms with van der Waals surface area (Å²) in [6, 6.07) is 2.11. The minimum Gasteiger partial charge on any atom is -0.378 e. The summed E-state index contributed by atoms with van der Waals surface area (Å²) >= 11 is 1.66. The number of hydrogen-bond donors (Lipinski definition) is 0. The summed E-state index contributed by atoms with van der Waals surface area (Å²) in [5.74, 6) is 2.84. The molecule has 2 aromatic heterocycles. The van der Waals surface area contributed by atoms with Gasteiger partial charge in [-0.15, -0.1) is 10.2 Å². The molecule has 4 rings (SSSR count). The van der Waals surface area contributed by atoms with Gasteiger partial charge in [-0.1, -0.05) is 11.3 Å². The third-order valence-electron chi connectivity index (χ3n) is 4.54. The van der Waals surface area contributed by atoms with Gasteiger partial charge in [-0.3, -0.25) is 0 Å². The van der Waals surface area contributed by atoms with Gasteiger partial charge in [0.2, 0.25) is 5.13 Å². The predicted octanol–water partition coefficient (Wildman–Crippen LogP) is 1.11. The highest BCUT2D eigenvalue weighted by atomic mass is 32.1. The first-order valence-corrected chi connectivity index (χ1v) is 9.49.